The Morgan fingerprint density at radius 2 is 1.94 bits per heavy atom. The fourth-order valence-corrected chi connectivity index (χ4v) is 1.46. The molecule has 16 heavy (non-hydrogen) atoms. The summed E-state index contributed by atoms with van der Waals surface area (Å²) >= 11 is 0. The number of aliphatic carboxylic acids is 1. The van der Waals surface area contributed by atoms with Gasteiger partial charge in [-0.05, 0) is 17.1 Å². The maximum absolute atomic E-state index is 10.4. The van der Waals surface area contributed by atoms with Crippen LogP contribution < -0.4 is 0 Å². The highest BCUT2D eigenvalue weighted by atomic mass is 16.4. The van der Waals surface area contributed by atoms with Gasteiger partial charge in [0.2, 0.25) is 0 Å². The van der Waals surface area contributed by atoms with E-state index in [-0.39, 0.29) is 11.2 Å². The number of phenolic OH excluding ortho intramolecular Hbond substituents is 1. The Balaban J connectivity index is 3.19. The van der Waals surface area contributed by atoms with E-state index >= 15 is 0 Å². The quantitative estimate of drug-likeness (QED) is 0.753. The maximum Gasteiger partial charge on any atom is 0.328 e. The van der Waals surface area contributed by atoms with Gasteiger partial charge in [-0.2, -0.15) is 0 Å². The van der Waals surface area contributed by atoms with E-state index in [2.05, 4.69) is 0 Å². The summed E-state index contributed by atoms with van der Waals surface area (Å²) < 4.78 is 0. The molecule has 0 amide bonds. The fraction of sp³-hybridized carbons (Fsp3) is 0.308. The summed E-state index contributed by atoms with van der Waals surface area (Å²) in [5, 5.41) is 18.5. The lowest BCUT2D eigenvalue weighted by Gasteiger charge is -2.21. The number of hydrogen-bond donors (Lipinski definition) is 2. The van der Waals surface area contributed by atoms with E-state index in [0.29, 0.717) is 5.56 Å². The third-order valence-corrected chi connectivity index (χ3v) is 2.28. The molecule has 0 saturated carbocycles. The Kier molecular flexibility index (Phi) is 3.38. The van der Waals surface area contributed by atoms with Gasteiger partial charge in [0, 0.05) is 11.6 Å². The SMILES string of the molecule is CC(C)(C)c1cccc(/C=C/C(=O)O)c1O. The van der Waals surface area contributed by atoms with Gasteiger partial charge in [0.25, 0.3) is 0 Å². The molecule has 1 rings (SSSR count). The minimum absolute atomic E-state index is 0.146. The first-order valence-corrected chi connectivity index (χ1v) is 5.06. The summed E-state index contributed by atoms with van der Waals surface area (Å²) in [7, 11) is 0. The van der Waals surface area contributed by atoms with E-state index in [0.717, 1.165) is 11.6 Å². The van der Waals surface area contributed by atoms with Gasteiger partial charge in [-0.15, -0.1) is 0 Å². The number of phenols is 1. The molecule has 0 fully saturated rings. The van der Waals surface area contributed by atoms with Crippen molar-refractivity contribution in [2.24, 2.45) is 0 Å². The van der Waals surface area contributed by atoms with E-state index < -0.39 is 5.97 Å². The van der Waals surface area contributed by atoms with Crippen molar-refractivity contribution in [3.8, 4) is 5.75 Å². The summed E-state index contributed by atoms with van der Waals surface area (Å²) in [6.45, 7) is 5.98. The maximum atomic E-state index is 10.4. The third-order valence-electron chi connectivity index (χ3n) is 2.28. The van der Waals surface area contributed by atoms with Crippen LogP contribution in [0.2, 0.25) is 0 Å². The van der Waals surface area contributed by atoms with E-state index in [1.165, 1.54) is 6.08 Å². The molecular weight excluding hydrogens is 204 g/mol. The van der Waals surface area contributed by atoms with Crippen LogP contribution in [0.5, 0.6) is 5.75 Å². The van der Waals surface area contributed by atoms with Crippen molar-refractivity contribution in [1.29, 1.82) is 0 Å². The number of para-hydroxylation sites is 1. The van der Waals surface area contributed by atoms with Gasteiger partial charge in [-0.3, -0.25) is 0 Å². The van der Waals surface area contributed by atoms with Gasteiger partial charge in [0.15, 0.2) is 0 Å². The van der Waals surface area contributed by atoms with Crippen molar-refractivity contribution in [2.45, 2.75) is 26.2 Å². The second-order valence-electron chi connectivity index (χ2n) is 4.66. The number of rotatable bonds is 2. The monoisotopic (exact) mass is 220 g/mol. The second kappa shape index (κ2) is 4.39. The highest BCUT2D eigenvalue weighted by molar-refractivity contribution is 5.86. The second-order valence-corrected chi connectivity index (χ2v) is 4.66. The molecule has 0 aliphatic carbocycles. The molecule has 0 aliphatic rings. The van der Waals surface area contributed by atoms with E-state index in [1.54, 1.807) is 6.07 Å². The van der Waals surface area contributed by atoms with Crippen LogP contribution in [0.25, 0.3) is 6.08 Å². The van der Waals surface area contributed by atoms with Gasteiger partial charge in [0.1, 0.15) is 5.75 Å². The highest BCUT2D eigenvalue weighted by Gasteiger charge is 2.18. The molecule has 0 bridgehead atoms. The smallest absolute Gasteiger partial charge is 0.328 e. The Bertz CT molecular complexity index is 425. The number of hydrogen-bond acceptors (Lipinski definition) is 2. The zero-order chi connectivity index (χ0) is 12.3. The van der Waals surface area contributed by atoms with Crippen LogP contribution in [0.15, 0.2) is 24.3 Å². The Morgan fingerprint density at radius 1 is 1.31 bits per heavy atom. The predicted octanol–water partition coefficient (Wildman–Crippen LogP) is 2.79. The molecule has 0 heterocycles. The van der Waals surface area contributed by atoms with Gasteiger partial charge in [0.05, 0.1) is 0 Å². The number of aromatic hydroxyl groups is 1. The Labute approximate surface area is 95.0 Å². The zero-order valence-electron chi connectivity index (χ0n) is 9.69. The van der Waals surface area contributed by atoms with Gasteiger partial charge < -0.3 is 10.2 Å². The van der Waals surface area contributed by atoms with Crippen molar-refractivity contribution < 1.29 is 15.0 Å². The first-order chi connectivity index (χ1) is 7.32. The average Bonchev–Trinajstić information content (AvgIpc) is 2.14. The molecule has 3 nitrogen and oxygen atoms in total. The van der Waals surface area contributed by atoms with E-state index in [9.17, 15) is 9.90 Å². The molecule has 0 aromatic heterocycles. The van der Waals surface area contributed by atoms with Crippen molar-refractivity contribution in [3.05, 3.63) is 35.4 Å². The Hall–Kier alpha value is -1.77. The van der Waals surface area contributed by atoms with E-state index in [4.69, 9.17) is 5.11 Å². The van der Waals surface area contributed by atoms with Crippen LogP contribution >= 0.6 is 0 Å². The lowest BCUT2D eigenvalue weighted by atomic mass is 9.85. The number of carboxylic acids is 1. The fourth-order valence-electron chi connectivity index (χ4n) is 1.46. The van der Waals surface area contributed by atoms with Crippen LogP contribution in [0.4, 0.5) is 0 Å². The van der Waals surface area contributed by atoms with Crippen LogP contribution in [-0.2, 0) is 10.2 Å². The topological polar surface area (TPSA) is 57.5 Å². The molecule has 1 aromatic carbocycles. The summed E-state index contributed by atoms with van der Waals surface area (Å²) in [6, 6.07) is 5.33. The lowest BCUT2D eigenvalue weighted by Crippen LogP contribution is -2.11. The molecule has 2 N–H and O–H groups in total. The van der Waals surface area contributed by atoms with Crippen LogP contribution in [0, 0.1) is 0 Å². The number of benzene rings is 1. The van der Waals surface area contributed by atoms with Crippen molar-refractivity contribution in [1.82, 2.24) is 0 Å². The molecule has 0 spiro atoms. The molecule has 86 valence electrons. The largest absolute Gasteiger partial charge is 0.507 e. The highest BCUT2D eigenvalue weighted by Crippen LogP contribution is 2.33. The summed E-state index contributed by atoms with van der Waals surface area (Å²) in [4.78, 5) is 10.4. The average molecular weight is 220 g/mol. The molecule has 0 unspecified atom stereocenters. The standard InChI is InChI=1S/C13H16O3/c1-13(2,3)10-6-4-5-9(12(10)16)7-8-11(14)15/h4-8,16H,1-3H3,(H,14,15)/b8-7+. The normalized spacial score (nSPS) is 11.9. The predicted molar refractivity (Wildman–Crippen MR) is 63.5 cm³/mol. The molecule has 0 aliphatic heterocycles. The van der Waals surface area contributed by atoms with Crippen molar-refractivity contribution in [2.75, 3.05) is 0 Å². The molecule has 3 heteroatoms. The van der Waals surface area contributed by atoms with Gasteiger partial charge in [-0.1, -0.05) is 39.0 Å². The zero-order valence-corrected chi connectivity index (χ0v) is 9.69. The summed E-state index contributed by atoms with van der Waals surface area (Å²) in [5.41, 5.74) is 1.16. The summed E-state index contributed by atoms with van der Waals surface area (Å²) in [5.74, 6) is -0.881. The molecule has 0 atom stereocenters. The van der Waals surface area contributed by atoms with Crippen molar-refractivity contribution >= 4 is 12.0 Å². The molecule has 0 radical (unpaired) electrons. The number of carboxylic acid groups (broad SMARTS) is 1. The van der Waals surface area contributed by atoms with E-state index in [1.807, 2.05) is 32.9 Å². The minimum Gasteiger partial charge on any atom is -0.507 e. The van der Waals surface area contributed by atoms with Crippen LogP contribution in [0.3, 0.4) is 0 Å². The lowest BCUT2D eigenvalue weighted by molar-refractivity contribution is -0.131. The minimum atomic E-state index is -1.03. The first kappa shape index (κ1) is 12.3. The van der Waals surface area contributed by atoms with Crippen LogP contribution in [0.1, 0.15) is 31.9 Å². The van der Waals surface area contributed by atoms with Gasteiger partial charge >= 0.3 is 5.97 Å². The molecule has 1 aromatic rings. The van der Waals surface area contributed by atoms with Crippen LogP contribution in [-0.4, -0.2) is 16.2 Å². The third kappa shape index (κ3) is 2.86. The summed E-state index contributed by atoms with van der Waals surface area (Å²) in [6.07, 6.45) is 2.41. The van der Waals surface area contributed by atoms with Crippen molar-refractivity contribution in [3.63, 3.8) is 0 Å². The first-order valence-electron chi connectivity index (χ1n) is 5.06. The number of carbonyl (C=O) groups is 1. The molecule has 0 saturated heterocycles. The van der Waals surface area contributed by atoms with Gasteiger partial charge in [-0.25, -0.2) is 4.79 Å². The Morgan fingerprint density at radius 3 is 2.44 bits per heavy atom. The molecular formula is C13H16O3.